The van der Waals surface area contributed by atoms with E-state index in [1.54, 1.807) is 19.2 Å². The fourth-order valence-corrected chi connectivity index (χ4v) is 6.66. The molecule has 0 saturated carbocycles. The molecule has 2 aliphatic heterocycles. The van der Waals surface area contributed by atoms with Crippen LogP contribution in [0.5, 0.6) is 5.75 Å². The number of methoxy groups -OCH3 is 1. The molecule has 7 nitrogen and oxygen atoms in total. The fraction of sp³-hybridized carbons (Fsp3) is 0.462. The predicted molar refractivity (Wildman–Crippen MR) is 129 cm³/mol. The first kappa shape index (κ1) is 24.2. The lowest BCUT2D eigenvalue weighted by Gasteiger charge is -2.37. The Morgan fingerprint density at radius 2 is 1.68 bits per heavy atom. The Bertz CT molecular complexity index is 1150. The quantitative estimate of drug-likeness (QED) is 0.641. The molecule has 0 unspecified atom stereocenters. The van der Waals surface area contributed by atoms with Crippen molar-refractivity contribution in [2.45, 2.75) is 49.5 Å². The van der Waals surface area contributed by atoms with Gasteiger partial charge in [-0.05, 0) is 55.5 Å². The number of likely N-dealkylation sites (tertiary alicyclic amines) is 1. The first-order valence-corrected chi connectivity index (χ1v) is 13.3. The van der Waals surface area contributed by atoms with Gasteiger partial charge in [0.25, 0.3) is 0 Å². The normalized spacial score (nSPS) is 20.4. The summed E-state index contributed by atoms with van der Waals surface area (Å²) >= 11 is 0. The Kier molecular flexibility index (Phi) is 7.54. The lowest BCUT2D eigenvalue weighted by Crippen LogP contribution is -2.45. The Hall–Kier alpha value is -2.89. The molecule has 2 saturated heterocycles. The lowest BCUT2D eigenvalue weighted by atomic mass is 9.94. The predicted octanol–water partition coefficient (Wildman–Crippen LogP) is 4.11. The summed E-state index contributed by atoms with van der Waals surface area (Å²) in [6, 6.07) is 16.2. The van der Waals surface area contributed by atoms with Crippen LogP contribution in [0.2, 0.25) is 0 Å². The second-order valence-corrected chi connectivity index (χ2v) is 10.9. The summed E-state index contributed by atoms with van der Waals surface area (Å²) in [6.45, 7) is 1.28. The molecule has 0 spiro atoms. The number of hydrogen-bond acceptors (Lipinski definition) is 5. The highest BCUT2D eigenvalue weighted by Crippen LogP contribution is 2.34. The highest BCUT2D eigenvalue weighted by Gasteiger charge is 2.37. The second kappa shape index (κ2) is 10.6. The molecule has 180 valence electrons. The molecule has 0 radical (unpaired) electrons. The average Bonchev–Trinajstić information content (AvgIpc) is 3.14. The smallest absolute Gasteiger partial charge is 0.244 e. The molecule has 0 aromatic heterocycles. The van der Waals surface area contributed by atoms with Crippen LogP contribution in [0.4, 0.5) is 0 Å². The van der Waals surface area contributed by atoms with Crippen LogP contribution in [0, 0.1) is 17.2 Å². The third kappa shape index (κ3) is 4.96. The van der Waals surface area contributed by atoms with Crippen molar-refractivity contribution in [1.29, 1.82) is 5.26 Å². The van der Waals surface area contributed by atoms with Crippen LogP contribution in [-0.4, -0.2) is 50.3 Å². The Morgan fingerprint density at radius 3 is 2.35 bits per heavy atom. The molecule has 2 heterocycles. The minimum absolute atomic E-state index is 0.0326. The zero-order chi connectivity index (χ0) is 24.1. The SMILES string of the molecule is COc1ccc([C@@H]2CCCCCN2C(=O)C2CCN(S(=O)(=O)c3ccccc3C#N)CC2)cc1. The highest BCUT2D eigenvalue weighted by atomic mass is 32.2. The monoisotopic (exact) mass is 481 g/mol. The number of sulfonamides is 1. The molecule has 2 aromatic carbocycles. The van der Waals surface area contributed by atoms with Crippen molar-refractivity contribution < 1.29 is 17.9 Å². The largest absolute Gasteiger partial charge is 0.497 e. The molecule has 34 heavy (non-hydrogen) atoms. The van der Waals surface area contributed by atoms with Crippen molar-refractivity contribution in [2.24, 2.45) is 5.92 Å². The standard InChI is InChI=1S/C26H31N3O4S/c1-33-23-12-10-20(11-13-23)24-8-3-2-6-16-29(24)26(30)21-14-17-28(18-15-21)34(31,32)25-9-5-4-7-22(25)19-27/h4-5,7,9-13,21,24H,2-3,6,8,14-18H2,1H3/t24-/m0/s1. The van der Waals surface area contributed by atoms with Crippen LogP contribution >= 0.6 is 0 Å². The van der Waals surface area contributed by atoms with E-state index in [0.29, 0.717) is 12.8 Å². The van der Waals surface area contributed by atoms with Gasteiger partial charge in [0.2, 0.25) is 15.9 Å². The van der Waals surface area contributed by atoms with Crippen LogP contribution < -0.4 is 4.74 Å². The van der Waals surface area contributed by atoms with Crippen LogP contribution in [0.25, 0.3) is 0 Å². The van der Waals surface area contributed by atoms with Crippen molar-refractivity contribution in [2.75, 3.05) is 26.7 Å². The number of ether oxygens (including phenoxy) is 1. The van der Waals surface area contributed by atoms with Crippen molar-refractivity contribution in [3.63, 3.8) is 0 Å². The summed E-state index contributed by atoms with van der Waals surface area (Å²) in [6.07, 6.45) is 5.06. The molecular formula is C26H31N3O4S. The number of hydrogen-bond donors (Lipinski definition) is 0. The van der Waals surface area contributed by atoms with E-state index >= 15 is 0 Å². The van der Waals surface area contributed by atoms with E-state index in [0.717, 1.165) is 43.5 Å². The molecule has 2 aliphatic rings. The van der Waals surface area contributed by atoms with E-state index < -0.39 is 10.0 Å². The number of nitrogens with zero attached hydrogens (tertiary/aromatic N) is 3. The van der Waals surface area contributed by atoms with Gasteiger partial charge in [-0.15, -0.1) is 0 Å². The maximum absolute atomic E-state index is 13.6. The Labute approximate surface area is 202 Å². The van der Waals surface area contributed by atoms with Crippen molar-refractivity contribution in [3.8, 4) is 11.8 Å². The van der Waals surface area contributed by atoms with Crippen LogP contribution in [-0.2, 0) is 14.8 Å². The molecule has 4 rings (SSSR count). The van der Waals surface area contributed by atoms with Gasteiger partial charge in [0.05, 0.1) is 23.6 Å². The third-order valence-electron chi connectivity index (χ3n) is 6.96. The molecule has 2 fully saturated rings. The topological polar surface area (TPSA) is 90.7 Å². The highest BCUT2D eigenvalue weighted by molar-refractivity contribution is 7.89. The molecule has 0 aliphatic carbocycles. The number of carbonyl (C=O) groups is 1. The average molecular weight is 482 g/mol. The van der Waals surface area contributed by atoms with Crippen LogP contribution in [0.15, 0.2) is 53.4 Å². The lowest BCUT2D eigenvalue weighted by molar-refractivity contribution is -0.139. The van der Waals surface area contributed by atoms with Crippen molar-refractivity contribution >= 4 is 15.9 Å². The van der Waals surface area contributed by atoms with Crippen LogP contribution in [0.1, 0.15) is 55.7 Å². The van der Waals surface area contributed by atoms with E-state index in [1.807, 2.05) is 35.2 Å². The maximum Gasteiger partial charge on any atom is 0.244 e. The molecule has 0 N–H and O–H groups in total. The molecule has 0 bridgehead atoms. The number of amides is 1. The minimum Gasteiger partial charge on any atom is -0.497 e. The molecule has 1 amide bonds. The summed E-state index contributed by atoms with van der Waals surface area (Å²) in [7, 11) is -2.13. The van der Waals surface area contributed by atoms with Crippen LogP contribution in [0.3, 0.4) is 0 Å². The number of piperidine rings is 1. The summed E-state index contributed by atoms with van der Waals surface area (Å²) in [5.41, 5.74) is 1.26. The van der Waals surface area contributed by atoms with E-state index in [1.165, 1.54) is 16.4 Å². The molecule has 2 aromatic rings. The maximum atomic E-state index is 13.6. The minimum atomic E-state index is -3.77. The third-order valence-corrected chi connectivity index (χ3v) is 8.92. The summed E-state index contributed by atoms with van der Waals surface area (Å²) < 4.78 is 33.0. The number of nitriles is 1. The Morgan fingerprint density at radius 1 is 0.971 bits per heavy atom. The van der Waals surface area contributed by atoms with Gasteiger partial charge < -0.3 is 9.64 Å². The summed E-state index contributed by atoms with van der Waals surface area (Å²) in [4.78, 5) is 15.7. The van der Waals surface area contributed by atoms with Crippen molar-refractivity contribution in [3.05, 3.63) is 59.7 Å². The fourth-order valence-electron chi connectivity index (χ4n) is 5.05. The van der Waals surface area contributed by atoms with Gasteiger partial charge in [0.15, 0.2) is 0 Å². The van der Waals surface area contributed by atoms with Gasteiger partial charge in [-0.3, -0.25) is 4.79 Å². The van der Waals surface area contributed by atoms with E-state index in [-0.39, 0.29) is 41.4 Å². The number of benzene rings is 2. The Balaban J connectivity index is 1.47. The summed E-state index contributed by atoms with van der Waals surface area (Å²) in [5, 5.41) is 9.32. The molecule has 8 heteroatoms. The first-order chi connectivity index (χ1) is 16.5. The van der Waals surface area contributed by atoms with Gasteiger partial charge in [-0.1, -0.05) is 37.1 Å². The van der Waals surface area contributed by atoms with Gasteiger partial charge >= 0.3 is 0 Å². The van der Waals surface area contributed by atoms with Gasteiger partial charge in [-0.25, -0.2) is 8.42 Å². The van der Waals surface area contributed by atoms with Gasteiger partial charge in [0.1, 0.15) is 11.8 Å². The first-order valence-electron chi connectivity index (χ1n) is 11.9. The van der Waals surface area contributed by atoms with E-state index in [4.69, 9.17) is 4.74 Å². The van der Waals surface area contributed by atoms with Crippen molar-refractivity contribution in [1.82, 2.24) is 9.21 Å². The zero-order valence-electron chi connectivity index (χ0n) is 19.5. The molecular weight excluding hydrogens is 450 g/mol. The van der Waals surface area contributed by atoms with Gasteiger partial charge in [-0.2, -0.15) is 9.57 Å². The van der Waals surface area contributed by atoms with E-state index in [2.05, 4.69) is 0 Å². The van der Waals surface area contributed by atoms with Gasteiger partial charge in [0, 0.05) is 25.6 Å². The van der Waals surface area contributed by atoms with E-state index in [9.17, 15) is 18.5 Å². The second-order valence-electron chi connectivity index (χ2n) is 8.96. The molecule has 1 atom stereocenters. The summed E-state index contributed by atoms with van der Waals surface area (Å²) in [5.74, 6) is 0.718. The number of rotatable bonds is 5. The number of carbonyl (C=O) groups excluding carboxylic acids is 1. The zero-order valence-corrected chi connectivity index (χ0v) is 20.3.